The molecule has 0 fully saturated rings. The number of hydrogen-bond donors (Lipinski definition) is 1. The lowest BCUT2D eigenvalue weighted by Gasteiger charge is -2.34. The molecule has 0 aromatic heterocycles. The second-order valence-electron chi connectivity index (χ2n) is 10.1. The molecule has 0 saturated carbocycles. The van der Waals surface area contributed by atoms with Crippen molar-refractivity contribution in [2.45, 2.75) is 64.1 Å². The van der Waals surface area contributed by atoms with Crippen molar-refractivity contribution in [3.05, 3.63) is 83.9 Å². The molecule has 3 rings (SSSR count). The van der Waals surface area contributed by atoms with Crippen molar-refractivity contribution in [2.75, 3.05) is 25.1 Å². The van der Waals surface area contributed by atoms with Crippen LogP contribution in [0, 0.1) is 6.92 Å². The summed E-state index contributed by atoms with van der Waals surface area (Å²) in [6.45, 7) is 7.08. The van der Waals surface area contributed by atoms with Gasteiger partial charge in [0.2, 0.25) is 11.8 Å². The van der Waals surface area contributed by atoms with Crippen LogP contribution >= 0.6 is 0 Å². The van der Waals surface area contributed by atoms with Gasteiger partial charge < -0.3 is 19.7 Å². The van der Waals surface area contributed by atoms with Crippen LogP contribution in [0.1, 0.15) is 44.7 Å². The van der Waals surface area contributed by atoms with Crippen LogP contribution < -0.4 is 19.1 Å². The maximum Gasteiger partial charge on any atom is 0.264 e. The summed E-state index contributed by atoms with van der Waals surface area (Å²) in [4.78, 5) is 29.2. The van der Waals surface area contributed by atoms with Crippen LogP contribution in [0.15, 0.2) is 77.7 Å². The summed E-state index contributed by atoms with van der Waals surface area (Å²) in [6.07, 6.45) is 1.06. The van der Waals surface area contributed by atoms with E-state index < -0.39 is 28.5 Å². The number of aryl methyl sites for hydroxylation is 1. The molecule has 0 aliphatic rings. The molecule has 9 nitrogen and oxygen atoms in total. The number of nitrogens with one attached hydrogen (secondary N) is 1. The molecule has 0 aliphatic heterocycles. The van der Waals surface area contributed by atoms with E-state index in [1.165, 1.54) is 24.1 Å². The Bertz CT molecular complexity index is 1460. The third-order valence-electron chi connectivity index (χ3n) is 7.12. The van der Waals surface area contributed by atoms with E-state index in [4.69, 9.17) is 9.47 Å². The summed E-state index contributed by atoms with van der Waals surface area (Å²) in [6, 6.07) is 19.4. The summed E-state index contributed by atoms with van der Waals surface area (Å²) in [5.41, 5.74) is 1.85. The van der Waals surface area contributed by atoms with Crippen molar-refractivity contribution >= 4 is 27.5 Å². The Morgan fingerprint density at radius 3 is 2.21 bits per heavy atom. The first kappa shape index (κ1) is 32.5. The van der Waals surface area contributed by atoms with Gasteiger partial charge in [-0.15, -0.1) is 0 Å². The van der Waals surface area contributed by atoms with Crippen molar-refractivity contribution in [1.29, 1.82) is 0 Å². The predicted octanol–water partition coefficient (Wildman–Crippen LogP) is 4.93. The van der Waals surface area contributed by atoms with E-state index in [9.17, 15) is 18.0 Å². The topological polar surface area (TPSA) is 105 Å². The van der Waals surface area contributed by atoms with Gasteiger partial charge in [0, 0.05) is 12.6 Å². The Morgan fingerprint density at radius 1 is 0.905 bits per heavy atom. The highest BCUT2D eigenvalue weighted by Crippen LogP contribution is 2.32. The highest BCUT2D eigenvalue weighted by Gasteiger charge is 2.35. The molecule has 3 aromatic carbocycles. The molecular formula is C32H41N3O6S. The molecule has 0 saturated heterocycles. The maximum absolute atomic E-state index is 14.2. The quantitative estimate of drug-likeness (QED) is 0.283. The summed E-state index contributed by atoms with van der Waals surface area (Å²) >= 11 is 0. The zero-order chi connectivity index (χ0) is 30.9. The van der Waals surface area contributed by atoms with Gasteiger partial charge in [-0.05, 0) is 68.7 Å². The zero-order valence-electron chi connectivity index (χ0n) is 25.2. The van der Waals surface area contributed by atoms with Crippen molar-refractivity contribution in [3.8, 4) is 11.5 Å². The van der Waals surface area contributed by atoms with Crippen LogP contribution in [0.5, 0.6) is 11.5 Å². The monoisotopic (exact) mass is 595 g/mol. The van der Waals surface area contributed by atoms with E-state index in [1.54, 1.807) is 61.7 Å². The second kappa shape index (κ2) is 14.7. The molecule has 0 spiro atoms. The highest BCUT2D eigenvalue weighted by atomic mass is 32.2. The number of amides is 2. The Balaban J connectivity index is 2.11. The second-order valence-corrected chi connectivity index (χ2v) is 12.0. The lowest BCUT2D eigenvalue weighted by atomic mass is 10.1. The van der Waals surface area contributed by atoms with E-state index in [0.29, 0.717) is 17.9 Å². The van der Waals surface area contributed by atoms with E-state index in [-0.39, 0.29) is 29.1 Å². The number of benzene rings is 3. The van der Waals surface area contributed by atoms with Crippen molar-refractivity contribution in [3.63, 3.8) is 0 Å². The van der Waals surface area contributed by atoms with Crippen LogP contribution in [0.25, 0.3) is 0 Å². The lowest BCUT2D eigenvalue weighted by Crippen LogP contribution is -2.53. The van der Waals surface area contributed by atoms with Crippen molar-refractivity contribution in [1.82, 2.24) is 10.2 Å². The van der Waals surface area contributed by atoms with Crippen molar-refractivity contribution in [2.24, 2.45) is 0 Å². The van der Waals surface area contributed by atoms with Gasteiger partial charge >= 0.3 is 0 Å². The minimum atomic E-state index is -4.21. The van der Waals surface area contributed by atoms with Crippen LogP contribution in [-0.4, -0.2) is 58.0 Å². The third-order valence-corrected chi connectivity index (χ3v) is 8.89. The van der Waals surface area contributed by atoms with Gasteiger partial charge in [0.05, 0.1) is 24.8 Å². The van der Waals surface area contributed by atoms with Crippen molar-refractivity contribution < 1.29 is 27.5 Å². The molecule has 2 atom stereocenters. The summed E-state index contributed by atoms with van der Waals surface area (Å²) in [5.74, 6) is 0.0652. The largest absolute Gasteiger partial charge is 0.497 e. The number of ether oxygens (including phenoxy) is 2. The number of rotatable bonds is 14. The first-order valence-electron chi connectivity index (χ1n) is 14.0. The molecule has 0 radical (unpaired) electrons. The predicted molar refractivity (Wildman–Crippen MR) is 164 cm³/mol. The first-order chi connectivity index (χ1) is 20.0. The minimum absolute atomic E-state index is 0.0349. The summed E-state index contributed by atoms with van der Waals surface area (Å²) in [7, 11) is -1.21. The van der Waals surface area contributed by atoms with Gasteiger partial charge in [0.25, 0.3) is 10.0 Å². The van der Waals surface area contributed by atoms with Crippen LogP contribution in [-0.2, 0) is 26.2 Å². The standard InChI is InChI=1S/C32H41N3O6S/c1-7-24(4)33-32(37)28(8-2)34(21-25-12-11-13-26(20-25)40-5)31(36)22-35(29-14-9-10-15-30(29)41-6)42(38,39)27-18-16-23(3)17-19-27/h9-20,24,28H,7-8,21-22H2,1-6H3,(H,33,37)/t24-,28-/m1/s1. The molecule has 0 unspecified atom stereocenters. The maximum atomic E-state index is 14.2. The number of anilines is 1. The van der Waals surface area contributed by atoms with Gasteiger partial charge in [0.15, 0.2) is 0 Å². The van der Waals surface area contributed by atoms with Gasteiger partial charge in [-0.1, -0.05) is 55.8 Å². The Kier molecular flexibility index (Phi) is 11.4. The fraction of sp³-hybridized carbons (Fsp3) is 0.375. The molecule has 1 N–H and O–H groups in total. The molecule has 10 heteroatoms. The van der Waals surface area contributed by atoms with E-state index in [2.05, 4.69) is 5.32 Å². The number of nitrogens with zero attached hydrogens (tertiary/aromatic N) is 2. The van der Waals surface area contributed by atoms with Gasteiger partial charge in [-0.3, -0.25) is 13.9 Å². The average molecular weight is 596 g/mol. The smallest absolute Gasteiger partial charge is 0.264 e. The molecule has 0 aliphatic carbocycles. The van der Waals surface area contributed by atoms with E-state index in [1.807, 2.05) is 33.8 Å². The molecule has 3 aromatic rings. The third kappa shape index (κ3) is 7.82. The number of hydrogen-bond acceptors (Lipinski definition) is 6. The fourth-order valence-electron chi connectivity index (χ4n) is 4.51. The highest BCUT2D eigenvalue weighted by molar-refractivity contribution is 7.92. The van der Waals surface area contributed by atoms with E-state index in [0.717, 1.165) is 21.9 Å². The molecular weight excluding hydrogens is 554 g/mol. The van der Waals surface area contributed by atoms with Gasteiger partial charge in [-0.2, -0.15) is 0 Å². The summed E-state index contributed by atoms with van der Waals surface area (Å²) in [5, 5.41) is 2.98. The number of sulfonamides is 1. The number of methoxy groups -OCH3 is 2. The molecule has 42 heavy (non-hydrogen) atoms. The Labute approximate surface area is 249 Å². The first-order valence-corrected chi connectivity index (χ1v) is 15.4. The number of para-hydroxylation sites is 2. The fourth-order valence-corrected chi connectivity index (χ4v) is 5.94. The molecule has 226 valence electrons. The van der Waals surface area contributed by atoms with Gasteiger partial charge in [-0.25, -0.2) is 8.42 Å². The summed E-state index contributed by atoms with van der Waals surface area (Å²) < 4.78 is 40.1. The Morgan fingerprint density at radius 2 is 1.60 bits per heavy atom. The number of carbonyl (C=O) groups excluding carboxylic acids is 2. The Hall–Kier alpha value is -4.05. The SMILES string of the molecule is CC[C@@H](C)NC(=O)[C@@H](CC)N(Cc1cccc(OC)c1)C(=O)CN(c1ccccc1OC)S(=O)(=O)c1ccc(C)cc1. The van der Waals surface area contributed by atoms with Gasteiger partial charge in [0.1, 0.15) is 24.1 Å². The van der Waals surface area contributed by atoms with Crippen LogP contribution in [0.3, 0.4) is 0 Å². The molecule has 0 heterocycles. The lowest BCUT2D eigenvalue weighted by molar-refractivity contribution is -0.140. The zero-order valence-corrected chi connectivity index (χ0v) is 26.0. The normalized spacial score (nSPS) is 12.6. The molecule has 0 bridgehead atoms. The number of carbonyl (C=O) groups is 2. The minimum Gasteiger partial charge on any atom is -0.497 e. The molecule has 2 amide bonds. The van der Waals surface area contributed by atoms with Crippen LogP contribution in [0.4, 0.5) is 5.69 Å². The van der Waals surface area contributed by atoms with E-state index >= 15 is 0 Å². The average Bonchev–Trinajstić information content (AvgIpc) is 2.99. The van der Waals surface area contributed by atoms with Crippen LogP contribution in [0.2, 0.25) is 0 Å².